The van der Waals surface area contributed by atoms with E-state index in [0.717, 1.165) is 17.7 Å². The Morgan fingerprint density at radius 2 is 2.40 bits per heavy atom. The summed E-state index contributed by atoms with van der Waals surface area (Å²) in [6.45, 7) is 3.95. The molecule has 1 aromatic heterocycles. The number of aromatic amines is 1. The number of nitrogens with one attached hydrogen (secondary N) is 1. The van der Waals surface area contributed by atoms with Crippen LogP contribution in [0.25, 0.3) is 0 Å². The minimum Gasteiger partial charge on any atom is -0.420 e. The van der Waals surface area contributed by atoms with Crippen molar-refractivity contribution in [2.45, 2.75) is 26.2 Å². The second-order valence-electron chi connectivity index (χ2n) is 3.49. The van der Waals surface area contributed by atoms with Gasteiger partial charge in [0, 0.05) is 17.2 Å². The first-order valence-corrected chi connectivity index (χ1v) is 4.83. The van der Waals surface area contributed by atoms with Crippen LogP contribution in [0.2, 0.25) is 0 Å². The Bertz CT molecular complexity index is 466. The van der Waals surface area contributed by atoms with Crippen LogP contribution < -0.4 is 10.5 Å². The summed E-state index contributed by atoms with van der Waals surface area (Å²) in [5, 5.41) is 15.9. The fourth-order valence-corrected chi connectivity index (χ4v) is 1.83. The molecule has 2 heterocycles. The van der Waals surface area contributed by atoms with Crippen LogP contribution in [0.5, 0.6) is 5.88 Å². The molecule has 0 amide bonds. The molecule has 0 aliphatic carbocycles. The summed E-state index contributed by atoms with van der Waals surface area (Å²) in [5.41, 5.74) is 8.04. The molecule has 3 N–H and O–H groups in total. The van der Waals surface area contributed by atoms with Crippen molar-refractivity contribution in [3.63, 3.8) is 0 Å². The van der Waals surface area contributed by atoms with Crippen molar-refractivity contribution in [1.29, 1.82) is 5.26 Å². The van der Waals surface area contributed by atoms with Gasteiger partial charge in [-0.15, -0.1) is 5.10 Å². The Morgan fingerprint density at radius 1 is 1.67 bits per heavy atom. The molecule has 0 spiro atoms. The molecule has 15 heavy (non-hydrogen) atoms. The molecule has 0 fully saturated rings. The minimum absolute atomic E-state index is 0.0487. The third-order valence-electron chi connectivity index (χ3n) is 2.66. The van der Waals surface area contributed by atoms with E-state index >= 15 is 0 Å². The second-order valence-corrected chi connectivity index (χ2v) is 3.49. The van der Waals surface area contributed by atoms with E-state index in [9.17, 15) is 0 Å². The lowest BCUT2D eigenvalue weighted by molar-refractivity contribution is 0.376. The van der Waals surface area contributed by atoms with Crippen LogP contribution in [0.3, 0.4) is 0 Å². The summed E-state index contributed by atoms with van der Waals surface area (Å²) < 4.78 is 5.28. The lowest BCUT2D eigenvalue weighted by Crippen LogP contribution is -2.18. The summed E-state index contributed by atoms with van der Waals surface area (Å²) in [7, 11) is 0. The number of ether oxygens (including phenoxy) is 1. The molecule has 0 radical (unpaired) electrons. The molecule has 0 saturated carbocycles. The molecular formula is C10H12N4O. The van der Waals surface area contributed by atoms with Gasteiger partial charge in [-0.3, -0.25) is 5.10 Å². The number of H-pyrrole nitrogens is 1. The van der Waals surface area contributed by atoms with Crippen LogP contribution in [0.4, 0.5) is 0 Å². The van der Waals surface area contributed by atoms with Gasteiger partial charge < -0.3 is 10.5 Å². The van der Waals surface area contributed by atoms with Crippen LogP contribution >= 0.6 is 0 Å². The van der Waals surface area contributed by atoms with E-state index in [1.54, 1.807) is 0 Å². The molecule has 78 valence electrons. The maximum atomic E-state index is 8.96. The number of aromatic nitrogens is 2. The van der Waals surface area contributed by atoms with E-state index < -0.39 is 0 Å². The number of fused-ring (bicyclic) bond motifs is 1. The zero-order valence-electron chi connectivity index (χ0n) is 8.66. The lowest BCUT2D eigenvalue weighted by atomic mass is 9.91. The molecule has 0 bridgehead atoms. The highest BCUT2D eigenvalue weighted by atomic mass is 16.5. The molecular weight excluding hydrogens is 192 g/mol. The first-order valence-electron chi connectivity index (χ1n) is 4.83. The maximum Gasteiger partial charge on any atom is 0.243 e. The Hall–Kier alpha value is -1.96. The summed E-state index contributed by atoms with van der Waals surface area (Å²) in [6, 6.07) is 2.07. The summed E-state index contributed by atoms with van der Waals surface area (Å²) >= 11 is 0. The van der Waals surface area contributed by atoms with E-state index in [1.807, 2.05) is 13.8 Å². The Morgan fingerprint density at radius 3 is 3.00 bits per heavy atom. The zero-order valence-corrected chi connectivity index (χ0v) is 8.66. The van der Waals surface area contributed by atoms with Gasteiger partial charge in [0.25, 0.3) is 0 Å². The van der Waals surface area contributed by atoms with Gasteiger partial charge in [0.15, 0.2) is 0 Å². The molecule has 1 aromatic rings. The van der Waals surface area contributed by atoms with Crippen LogP contribution in [0, 0.1) is 11.3 Å². The largest absolute Gasteiger partial charge is 0.420 e. The molecule has 5 nitrogen and oxygen atoms in total. The number of rotatable bonds is 1. The predicted molar refractivity (Wildman–Crippen MR) is 53.8 cm³/mol. The van der Waals surface area contributed by atoms with E-state index in [-0.39, 0.29) is 11.8 Å². The molecule has 0 aromatic carbocycles. The fourth-order valence-electron chi connectivity index (χ4n) is 1.83. The maximum absolute atomic E-state index is 8.96. The second kappa shape index (κ2) is 3.31. The highest BCUT2D eigenvalue weighted by Crippen LogP contribution is 2.38. The number of nitrogens with zero attached hydrogens (tertiary/aromatic N) is 2. The van der Waals surface area contributed by atoms with Gasteiger partial charge in [0.2, 0.25) is 11.8 Å². The number of aryl methyl sites for hydroxylation is 1. The molecule has 5 heteroatoms. The van der Waals surface area contributed by atoms with Crippen molar-refractivity contribution >= 4 is 0 Å². The van der Waals surface area contributed by atoms with E-state index in [0.29, 0.717) is 11.5 Å². The molecule has 1 atom stereocenters. The Kier molecular flexibility index (Phi) is 2.12. The van der Waals surface area contributed by atoms with Crippen LogP contribution in [0.15, 0.2) is 11.5 Å². The SMILES string of the molecule is CCc1[nH]nc2c1C(C)C(C#N)=C(N)O2. The molecule has 2 rings (SSSR count). The third-order valence-corrected chi connectivity index (χ3v) is 2.66. The minimum atomic E-state index is -0.0487. The van der Waals surface area contributed by atoms with Gasteiger partial charge >= 0.3 is 0 Å². The fraction of sp³-hybridized carbons (Fsp3) is 0.400. The Balaban J connectivity index is 2.54. The lowest BCUT2D eigenvalue weighted by Gasteiger charge is -2.19. The van der Waals surface area contributed by atoms with Gasteiger partial charge in [-0.2, -0.15) is 5.26 Å². The van der Waals surface area contributed by atoms with Crippen molar-refractivity contribution in [3.8, 4) is 11.9 Å². The monoisotopic (exact) mass is 204 g/mol. The first kappa shape index (κ1) is 9.59. The summed E-state index contributed by atoms with van der Waals surface area (Å²) in [4.78, 5) is 0. The van der Waals surface area contributed by atoms with Gasteiger partial charge in [-0.25, -0.2) is 0 Å². The standard InChI is InChI=1S/C10H12N4O/c1-3-7-8-5(2)6(4-11)9(12)15-10(8)14-13-7/h5H,3,12H2,1-2H3,(H,13,14). The van der Waals surface area contributed by atoms with E-state index in [1.165, 1.54) is 0 Å². The van der Waals surface area contributed by atoms with Crippen molar-refractivity contribution in [1.82, 2.24) is 10.2 Å². The first-order chi connectivity index (χ1) is 7.19. The molecule has 1 aliphatic rings. The summed E-state index contributed by atoms with van der Waals surface area (Å²) in [5.74, 6) is 0.606. The highest BCUT2D eigenvalue weighted by molar-refractivity contribution is 5.48. The molecule has 1 aliphatic heterocycles. The van der Waals surface area contributed by atoms with Crippen molar-refractivity contribution in [2.24, 2.45) is 5.73 Å². The Labute approximate surface area is 87.5 Å². The van der Waals surface area contributed by atoms with Crippen LogP contribution in [-0.4, -0.2) is 10.2 Å². The predicted octanol–water partition coefficient (Wildman–Crippen LogP) is 1.16. The van der Waals surface area contributed by atoms with Crippen molar-refractivity contribution < 1.29 is 4.74 Å². The average molecular weight is 204 g/mol. The van der Waals surface area contributed by atoms with Crippen LogP contribution in [0.1, 0.15) is 31.0 Å². The van der Waals surface area contributed by atoms with E-state index in [4.69, 9.17) is 15.7 Å². The number of nitriles is 1. The number of hydrogen-bond donors (Lipinski definition) is 2. The van der Waals surface area contributed by atoms with Gasteiger partial charge in [0.1, 0.15) is 6.07 Å². The van der Waals surface area contributed by atoms with Gasteiger partial charge in [-0.1, -0.05) is 13.8 Å². The van der Waals surface area contributed by atoms with Crippen LogP contribution in [-0.2, 0) is 6.42 Å². The quantitative estimate of drug-likeness (QED) is 0.718. The number of allylic oxidation sites excluding steroid dienone is 1. The third kappa shape index (κ3) is 1.26. The summed E-state index contributed by atoms with van der Waals surface area (Å²) in [6.07, 6.45) is 0.828. The molecule has 0 saturated heterocycles. The highest BCUT2D eigenvalue weighted by Gasteiger charge is 2.30. The zero-order chi connectivity index (χ0) is 11.0. The smallest absolute Gasteiger partial charge is 0.243 e. The molecule has 1 unspecified atom stereocenters. The number of nitrogens with two attached hydrogens (primary N) is 1. The van der Waals surface area contributed by atoms with Gasteiger partial charge in [-0.05, 0) is 6.42 Å². The van der Waals surface area contributed by atoms with E-state index in [2.05, 4.69) is 16.3 Å². The topological polar surface area (TPSA) is 87.7 Å². The van der Waals surface area contributed by atoms with Gasteiger partial charge in [0.05, 0.1) is 5.57 Å². The van der Waals surface area contributed by atoms with Crippen molar-refractivity contribution in [3.05, 3.63) is 22.7 Å². The normalized spacial score (nSPS) is 19.4. The number of hydrogen-bond acceptors (Lipinski definition) is 4. The van der Waals surface area contributed by atoms with Crippen molar-refractivity contribution in [2.75, 3.05) is 0 Å². The average Bonchev–Trinajstić information content (AvgIpc) is 2.61.